The van der Waals surface area contributed by atoms with E-state index >= 15 is 0 Å². The number of rotatable bonds is 2. The van der Waals surface area contributed by atoms with Crippen molar-refractivity contribution in [1.29, 1.82) is 0 Å². The molecule has 0 aliphatic heterocycles. The fraction of sp³-hybridized carbons (Fsp3) is 0.143. The summed E-state index contributed by atoms with van der Waals surface area (Å²) in [7, 11) is 0. The van der Waals surface area contributed by atoms with E-state index in [9.17, 15) is 18.0 Å². The molecule has 0 spiro atoms. The molecule has 0 aromatic carbocycles. The lowest BCUT2D eigenvalue weighted by molar-refractivity contribution is 0.107. The molecular weight excluding hydrogens is 242 g/mol. The van der Waals surface area contributed by atoms with Crippen LogP contribution in [-0.2, 0) is 0 Å². The van der Waals surface area contributed by atoms with E-state index in [4.69, 9.17) is 23.2 Å². The highest BCUT2D eigenvalue weighted by molar-refractivity contribution is 6.67. The minimum Gasteiger partial charge on any atom is -0.275 e. The molecule has 14 heavy (non-hydrogen) atoms. The molecule has 0 saturated carbocycles. The maximum Gasteiger partial charge on any atom is 0.269 e. The van der Waals surface area contributed by atoms with Gasteiger partial charge >= 0.3 is 0 Å². The predicted molar refractivity (Wildman–Crippen MR) is 44.3 cm³/mol. The monoisotopic (exact) mass is 243 g/mol. The van der Waals surface area contributed by atoms with Gasteiger partial charge in [-0.15, -0.1) is 0 Å². The van der Waals surface area contributed by atoms with E-state index in [1.807, 2.05) is 0 Å². The summed E-state index contributed by atoms with van der Waals surface area (Å²) < 4.78 is 37.6. The number of carbonyl (C=O) groups is 1. The van der Waals surface area contributed by atoms with Gasteiger partial charge in [-0.05, 0) is 11.6 Å². The molecule has 0 aliphatic rings. The van der Waals surface area contributed by atoms with Crippen molar-refractivity contribution >= 4 is 28.4 Å². The molecule has 1 rings (SSSR count). The molecule has 1 aromatic rings. The summed E-state index contributed by atoms with van der Waals surface area (Å²) in [5.74, 6) is -1.43. The van der Waals surface area contributed by atoms with Crippen LogP contribution in [0.25, 0.3) is 0 Å². The van der Waals surface area contributed by atoms with Crippen LogP contribution in [-0.4, -0.2) is 10.2 Å². The Labute approximate surface area is 86.6 Å². The first-order valence-electron chi connectivity index (χ1n) is 3.27. The average Bonchev–Trinajstić information content (AvgIpc) is 2.02. The molecule has 0 saturated heterocycles. The molecule has 1 heterocycles. The van der Waals surface area contributed by atoms with Crippen LogP contribution in [0.1, 0.15) is 22.3 Å². The molecule has 76 valence electrons. The van der Waals surface area contributed by atoms with Crippen molar-refractivity contribution < 1.29 is 18.0 Å². The van der Waals surface area contributed by atoms with Gasteiger partial charge in [0.1, 0.15) is 11.0 Å². The van der Waals surface area contributed by atoms with Crippen LogP contribution >= 0.6 is 23.2 Å². The van der Waals surface area contributed by atoms with Gasteiger partial charge in [0, 0.05) is 6.20 Å². The van der Waals surface area contributed by atoms with Gasteiger partial charge in [-0.1, -0.05) is 11.6 Å². The number of carbonyl (C=O) groups excluding carboxylic acids is 1. The van der Waals surface area contributed by atoms with E-state index in [1.54, 1.807) is 0 Å². The fourth-order valence-corrected chi connectivity index (χ4v) is 1.15. The lowest BCUT2D eigenvalue weighted by atomic mass is 10.2. The smallest absolute Gasteiger partial charge is 0.269 e. The maximum absolute atomic E-state index is 13.1. The minimum absolute atomic E-state index is 0.681. The molecule has 0 aliphatic carbocycles. The van der Waals surface area contributed by atoms with Crippen LogP contribution in [0.2, 0.25) is 5.15 Å². The maximum atomic E-state index is 13.1. The second kappa shape index (κ2) is 4.14. The van der Waals surface area contributed by atoms with Gasteiger partial charge in [-0.2, -0.15) is 0 Å². The first-order valence-corrected chi connectivity index (χ1v) is 4.02. The van der Waals surface area contributed by atoms with Crippen molar-refractivity contribution in [1.82, 2.24) is 4.98 Å². The normalized spacial score (nSPS) is 10.7. The van der Waals surface area contributed by atoms with Crippen molar-refractivity contribution in [2.75, 3.05) is 0 Å². The van der Waals surface area contributed by atoms with Crippen molar-refractivity contribution in [2.24, 2.45) is 0 Å². The van der Waals surface area contributed by atoms with Gasteiger partial charge in [0.25, 0.3) is 11.7 Å². The number of alkyl halides is 2. The molecule has 0 N–H and O–H groups in total. The Kier molecular flexibility index (Phi) is 3.34. The van der Waals surface area contributed by atoms with E-state index in [0.29, 0.717) is 6.20 Å². The zero-order valence-electron chi connectivity index (χ0n) is 6.40. The number of hydrogen-bond acceptors (Lipinski definition) is 2. The SMILES string of the molecule is O=C(Cl)c1cnc(Cl)c(C(F)F)c1F. The Morgan fingerprint density at radius 2 is 2.07 bits per heavy atom. The molecule has 0 unspecified atom stereocenters. The Balaban J connectivity index is 3.41. The molecule has 0 atom stereocenters. The summed E-state index contributed by atoms with van der Waals surface area (Å²) in [5.41, 5.74) is -1.83. The molecule has 0 amide bonds. The summed E-state index contributed by atoms with van der Waals surface area (Å²) in [6.07, 6.45) is -2.44. The highest BCUT2D eigenvalue weighted by atomic mass is 35.5. The Hall–Kier alpha value is -0.810. The summed E-state index contributed by atoms with van der Waals surface area (Å²) >= 11 is 10.1. The highest BCUT2D eigenvalue weighted by Crippen LogP contribution is 2.29. The number of nitrogens with zero attached hydrogens (tertiary/aromatic N) is 1. The Morgan fingerprint density at radius 1 is 1.50 bits per heavy atom. The van der Waals surface area contributed by atoms with Crippen LogP contribution in [0.5, 0.6) is 0 Å². The van der Waals surface area contributed by atoms with E-state index in [-0.39, 0.29) is 0 Å². The largest absolute Gasteiger partial charge is 0.275 e. The zero-order chi connectivity index (χ0) is 10.9. The first kappa shape index (κ1) is 11.3. The highest BCUT2D eigenvalue weighted by Gasteiger charge is 2.23. The summed E-state index contributed by atoms with van der Waals surface area (Å²) in [6.45, 7) is 0. The van der Waals surface area contributed by atoms with Gasteiger partial charge in [0.15, 0.2) is 0 Å². The summed E-state index contributed by atoms with van der Waals surface area (Å²) in [5, 5.41) is -1.88. The van der Waals surface area contributed by atoms with Gasteiger partial charge in [-0.3, -0.25) is 4.79 Å². The van der Waals surface area contributed by atoms with E-state index in [2.05, 4.69) is 4.98 Å². The summed E-state index contributed by atoms with van der Waals surface area (Å²) in [4.78, 5) is 13.8. The zero-order valence-corrected chi connectivity index (χ0v) is 7.91. The van der Waals surface area contributed by atoms with Crippen LogP contribution in [0, 0.1) is 5.82 Å². The molecule has 7 heteroatoms. The minimum atomic E-state index is -3.15. The van der Waals surface area contributed by atoms with Crippen LogP contribution in [0.15, 0.2) is 6.20 Å². The number of hydrogen-bond donors (Lipinski definition) is 0. The molecule has 0 fully saturated rings. The quantitative estimate of drug-likeness (QED) is 0.590. The van der Waals surface area contributed by atoms with Crippen molar-refractivity contribution in [3.05, 3.63) is 28.3 Å². The van der Waals surface area contributed by atoms with Gasteiger partial charge < -0.3 is 0 Å². The van der Waals surface area contributed by atoms with Crippen molar-refractivity contribution in [3.8, 4) is 0 Å². The van der Waals surface area contributed by atoms with Crippen LogP contribution in [0.4, 0.5) is 13.2 Å². The van der Waals surface area contributed by atoms with Gasteiger partial charge in [-0.25, -0.2) is 18.2 Å². The van der Waals surface area contributed by atoms with Gasteiger partial charge in [0.05, 0.1) is 11.1 Å². The molecule has 0 radical (unpaired) electrons. The fourth-order valence-electron chi connectivity index (χ4n) is 0.806. The van der Waals surface area contributed by atoms with Crippen LogP contribution in [0.3, 0.4) is 0 Å². The number of aromatic nitrogens is 1. The topological polar surface area (TPSA) is 30.0 Å². The predicted octanol–water partition coefficient (Wildman–Crippen LogP) is 3.19. The second-order valence-corrected chi connectivity index (χ2v) is 2.97. The van der Waals surface area contributed by atoms with Crippen molar-refractivity contribution in [2.45, 2.75) is 6.43 Å². The van der Waals surface area contributed by atoms with Crippen molar-refractivity contribution in [3.63, 3.8) is 0 Å². The third-order valence-electron chi connectivity index (χ3n) is 1.43. The summed E-state index contributed by atoms with van der Waals surface area (Å²) in [6, 6.07) is 0. The lowest BCUT2D eigenvalue weighted by Crippen LogP contribution is -2.03. The molecule has 1 aromatic heterocycles. The number of pyridine rings is 1. The van der Waals surface area contributed by atoms with Gasteiger partial charge in [0.2, 0.25) is 0 Å². The first-order chi connectivity index (χ1) is 6.45. The van der Waals surface area contributed by atoms with E-state index in [0.717, 1.165) is 0 Å². The lowest BCUT2D eigenvalue weighted by Gasteiger charge is -2.05. The van der Waals surface area contributed by atoms with E-state index < -0.39 is 33.8 Å². The third-order valence-corrected chi connectivity index (χ3v) is 1.94. The van der Waals surface area contributed by atoms with Crippen LogP contribution < -0.4 is 0 Å². The molecular formula is C7H2Cl2F3NO. The van der Waals surface area contributed by atoms with E-state index in [1.165, 1.54) is 0 Å². The standard InChI is InChI=1S/C7H2Cl2F3NO/c8-5-3(7(11)12)4(10)2(1-13-5)6(9)14/h1,7H. The second-order valence-electron chi connectivity index (χ2n) is 2.26. The molecule has 2 nitrogen and oxygen atoms in total. The Bertz CT molecular complexity index is 383. The average molecular weight is 244 g/mol. The third kappa shape index (κ3) is 1.99. The molecule has 0 bridgehead atoms. The Morgan fingerprint density at radius 3 is 2.50 bits per heavy atom. The number of halogens is 5.